The molecule has 0 fully saturated rings. The largest absolute Gasteiger partial charge is 0.417 e. The summed E-state index contributed by atoms with van der Waals surface area (Å²) < 4.78 is 41.2. The van der Waals surface area contributed by atoms with Gasteiger partial charge in [0.25, 0.3) is 5.56 Å². The van der Waals surface area contributed by atoms with Gasteiger partial charge in [0.1, 0.15) is 0 Å². The van der Waals surface area contributed by atoms with Crippen LogP contribution in [0, 0.1) is 0 Å². The first-order valence-electron chi connectivity index (χ1n) is 7.37. The van der Waals surface area contributed by atoms with Crippen LogP contribution in [0.2, 0.25) is 0 Å². The van der Waals surface area contributed by atoms with Gasteiger partial charge in [-0.25, -0.2) is 0 Å². The third kappa shape index (κ3) is 2.69. The van der Waals surface area contributed by atoms with Crippen molar-refractivity contribution in [1.82, 2.24) is 4.57 Å². The number of nitrogens with two attached hydrogens (primary N) is 1. The maximum atomic E-state index is 13.3. The van der Waals surface area contributed by atoms with E-state index in [0.29, 0.717) is 11.4 Å². The average molecular weight is 332 g/mol. The van der Waals surface area contributed by atoms with Gasteiger partial charge in [0.05, 0.1) is 10.9 Å². The van der Waals surface area contributed by atoms with Crippen molar-refractivity contribution in [2.24, 2.45) is 5.73 Å². The van der Waals surface area contributed by atoms with Gasteiger partial charge >= 0.3 is 6.18 Å². The molecule has 0 unspecified atom stereocenters. The van der Waals surface area contributed by atoms with E-state index in [2.05, 4.69) is 0 Å². The maximum Gasteiger partial charge on any atom is 0.417 e. The molecule has 2 aromatic carbocycles. The monoisotopic (exact) mass is 332 g/mol. The summed E-state index contributed by atoms with van der Waals surface area (Å²) in [6, 6.07) is 13.3. The van der Waals surface area contributed by atoms with E-state index < -0.39 is 23.3 Å². The van der Waals surface area contributed by atoms with Crippen molar-refractivity contribution in [2.75, 3.05) is 0 Å². The van der Waals surface area contributed by atoms with Crippen molar-refractivity contribution in [3.05, 3.63) is 76.2 Å². The molecule has 2 N–H and O–H groups in total. The summed E-state index contributed by atoms with van der Waals surface area (Å²) in [6.45, 7) is 1.69. The minimum absolute atomic E-state index is 0.231. The molecule has 0 amide bonds. The number of aromatic nitrogens is 1. The third-order valence-corrected chi connectivity index (χ3v) is 3.86. The van der Waals surface area contributed by atoms with Crippen LogP contribution in [0.5, 0.6) is 0 Å². The summed E-state index contributed by atoms with van der Waals surface area (Å²) in [5, 5.41) is -0.118. The summed E-state index contributed by atoms with van der Waals surface area (Å²) in [4.78, 5) is 12.9. The molecule has 0 radical (unpaired) electrons. The van der Waals surface area contributed by atoms with Crippen LogP contribution >= 0.6 is 0 Å². The van der Waals surface area contributed by atoms with E-state index in [1.54, 1.807) is 43.3 Å². The van der Waals surface area contributed by atoms with Gasteiger partial charge in [0.15, 0.2) is 0 Å². The summed E-state index contributed by atoms with van der Waals surface area (Å²) in [7, 11) is 0. The first-order chi connectivity index (χ1) is 11.3. The second-order valence-corrected chi connectivity index (χ2v) is 5.60. The van der Waals surface area contributed by atoms with Crippen molar-refractivity contribution >= 4 is 10.8 Å². The van der Waals surface area contributed by atoms with Crippen LogP contribution in [0.4, 0.5) is 13.2 Å². The molecule has 0 bridgehead atoms. The highest BCUT2D eigenvalue weighted by Crippen LogP contribution is 2.34. The normalized spacial score (nSPS) is 13.2. The Bertz CT molecular complexity index is 944. The minimum atomic E-state index is -4.61. The predicted octanol–water partition coefficient (Wildman–Crippen LogP) is 4.03. The molecule has 0 aliphatic heterocycles. The Morgan fingerprint density at radius 3 is 2.29 bits per heavy atom. The molecule has 24 heavy (non-hydrogen) atoms. The molecular weight excluding hydrogens is 317 g/mol. The summed E-state index contributed by atoms with van der Waals surface area (Å²) in [6.07, 6.45) is -4.61. The number of nitrogens with zero attached hydrogens (tertiary/aromatic N) is 1. The van der Waals surface area contributed by atoms with Crippen LogP contribution in [0.25, 0.3) is 16.5 Å². The fraction of sp³-hybridized carbons (Fsp3) is 0.167. The third-order valence-electron chi connectivity index (χ3n) is 3.86. The molecular formula is C18H15F3N2O. The molecule has 0 saturated carbocycles. The molecule has 3 rings (SSSR count). The molecule has 1 aromatic heterocycles. The van der Waals surface area contributed by atoms with Gasteiger partial charge in [-0.1, -0.05) is 30.3 Å². The van der Waals surface area contributed by atoms with E-state index in [1.165, 1.54) is 16.7 Å². The molecule has 3 nitrogen and oxygen atoms in total. The molecule has 0 aliphatic rings. The van der Waals surface area contributed by atoms with E-state index in [1.807, 2.05) is 0 Å². The first kappa shape index (κ1) is 16.3. The van der Waals surface area contributed by atoms with Crippen LogP contribution in [0.15, 0.2) is 59.4 Å². The number of halogens is 3. The van der Waals surface area contributed by atoms with Crippen molar-refractivity contribution in [1.29, 1.82) is 0 Å². The Hall–Kier alpha value is -2.60. The zero-order valence-electron chi connectivity index (χ0n) is 12.8. The minimum Gasteiger partial charge on any atom is -0.323 e. The van der Waals surface area contributed by atoms with Crippen LogP contribution < -0.4 is 11.3 Å². The van der Waals surface area contributed by atoms with Gasteiger partial charge in [-0.05, 0) is 36.6 Å². The number of hydrogen-bond donors (Lipinski definition) is 1. The zero-order valence-corrected chi connectivity index (χ0v) is 12.8. The lowest BCUT2D eigenvalue weighted by molar-refractivity contribution is -0.136. The van der Waals surface area contributed by atoms with E-state index >= 15 is 0 Å². The van der Waals surface area contributed by atoms with Crippen molar-refractivity contribution in [3.8, 4) is 5.69 Å². The topological polar surface area (TPSA) is 48.0 Å². The van der Waals surface area contributed by atoms with E-state index in [-0.39, 0.29) is 10.8 Å². The van der Waals surface area contributed by atoms with Gasteiger partial charge in [-0.15, -0.1) is 0 Å². The van der Waals surface area contributed by atoms with E-state index in [9.17, 15) is 18.0 Å². The Morgan fingerprint density at radius 1 is 1.04 bits per heavy atom. The number of rotatable bonds is 2. The Kier molecular flexibility index (Phi) is 3.93. The maximum absolute atomic E-state index is 13.3. The Labute approximate surface area is 136 Å². The highest BCUT2D eigenvalue weighted by Gasteiger charge is 2.34. The SMILES string of the molecule is C[C@H](N)c1cc2cccc(C(F)(F)F)c2c(=O)n1-c1ccccc1. The van der Waals surface area contributed by atoms with Crippen molar-refractivity contribution in [3.63, 3.8) is 0 Å². The molecule has 1 heterocycles. The lowest BCUT2D eigenvalue weighted by Crippen LogP contribution is -2.27. The molecule has 124 valence electrons. The van der Waals surface area contributed by atoms with Crippen LogP contribution in [0.1, 0.15) is 24.2 Å². The number of para-hydroxylation sites is 1. The fourth-order valence-electron chi connectivity index (χ4n) is 2.80. The van der Waals surface area contributed by atoms with Crippen LogP contribution in [-0.2, 0) is 6.18 Å². The zero-order chi connectivity index (χ0) is 17.5. The number of alkyl halides is 3. The van der Waals surface area contributed by atoms with Gasteiger partial charge in [-0.2, -0.15) is 13.2 Å². The Morgan fingerprint density at radius 2 is 1.71 bits per heavy atom. The number of hydrogen-bond acceptors (Lipinski definition) is 2. The fourth-order valence-corrected chi connectivity index (χ4v) is 2.80. The van der Waals surface area contributed by atoms with Gasteiger partial charge in [0, 0.05) is 17.4 Å². The highest BCUT2D eigenvalue weighted by atomic mass is 19.4. The highest BCUT2D eigenvalue weighted by molar-refractivity contribution is 5.86. The van der Waals surface area contributed by atoms with Gasteiger partial charge in [0.2, 0.25) is 0 Å². The van der Waals surface area contributed by atoms with Crippen molar-refractivity contribution in [2.45, 2.75) is 19.1 Å². The van der Waals surface area contributed by atoms with E-state index in [0.717, 1.165) is 6.07 Å². The van der Waals surface area contributed by atoms with E-state index in [4.69, 9.17) is 5.73 Å². The molecule has 1 atom stereocenters. The summed E-state index contributed by atoms with van der Waals surface area (Å²) >= 11 is 0. The molecule has 0 spiro atoms. The lowest BCUT2D eigenvalue weighted by Gasteiger charge is -2.19. The summed E-state index contributed by atoms with van der Waals surface area (Å²) in [5.74, 6) is 0. The average Bonchev–Trinajstić information content (AvgIpc) is 2.54. The molecule has 3 aromatic rings. The van der Waals surface area contributed by atoms with Gasteiger partial charge < -0.3 is 5.73 Å². The molecule has 6 heteroatoms. The Balaban J connectivity index is 2.49. The summed E-state index contributed by atoms with van der Waals surface area (Å²) in [5.41, 5.74) is 5.23. The predicted molar refractivity (Wildman–Crippen MR) is 87.1 cm³/mol. The van der Waals surface area contributed by atoms with Crippen molar-refractivity contribution < 1.29 is 13.2 Å². The first-order valence-corrected chi connectivity index (χ1v) is 7.37. The number of fused-ring (bicyclic) bond motifs is 1. The second kappa shape index (κ2) is 5.79. The van der Waals surface area contributed by atoms with Crippen LogP contribution in [-0.4, -0.2) is 4.57 Å². The lowest BCUT2D eigenvalue weighted by atomic mass is 10.0. The van der Waals surface area contributed by atoms with Gasteiger partial charge in [-0.3, -0.25) is 9.36 Å². The standard InChI is InChI=1S/C18H15F3N2O/c1-11(22)15-10-12-6-5-9-14(18(19,20)21)16(12)17(24)23(15)13-7-3-2-4-8-13/h2-11H,22H2,1H3/t11-/m0/s1. The number of benzene rings is 2. The van der Waals surface area contributed by atoms with Crippen LogP contribution in [0.3, 0.4) is 0 Å². The molecule has 0 aliphatic carbocycles. The number of pyridine rings is 1. The quantitative estimate of drug-likeness (QED) is 0.770. The smallest absolute Gasteiger partial charge is 0.323 e. The molecule has 0 saturated heterocycles. The second-order valence-electron chi connectivity index (χ2n) is 5.60.